The number of non-ortho nitro benzene ring substituents is 1. The van der Waals surface area contributed by atoms with Gasteiger partial charge < -0.3 is 10.2 Å². The van der Waals surface area contributed by atoms with Crippen LogP contribution >= 0.6 is 0 Å². The molecule has 1 saturated heterocycles. The van der Waals surface area contributed by atoms with Crippen LogP contribution in [-0.2, 0) is 0 Å². The minimum absolute atomic E-state index is 0.161. The first-order chi connectivity index (χ1) is 10.0. The van der Waals surface area contributed by atoms with E-state index in [0.29, 0.717) is 5.41 Å². The number of rotatable bonds is 6. The first-order valence-corrected chi connectivity index (χ1v) is 7.82. The molecule has 1 aliphatic rings. The second-order valence-corrected chi connectivity index (χ2v) is 5.90. The van der Waals surface area contributed by atoms with Gasteiger partial charge in [0, 0.05) is 43.1 Å². The molecule has 1 aliphatic heterocycles. The fourth-order valence-electron chi connectivity index (χ4n) is 3.17. The Kier molecular flexibility index (Phi) is 4.70. The molecule has 0 spiro atoms. The summed E-state index contributed by atoms with van der Waals surface area (Å²) in [6.45, 7) is 9.21. The zero-order chi connectivity index (χ0) is 15.5. The summed E-state index contributed by atoms with van der Waals surface area (Å²) in [5, 5.41) is 14.3. The van der Waals surface area contributed by atoms with Crippen molar-refractivity contribution in [2.45, 2.75) is 40.0 Å². The standard InChI is InChI=1S/C16H25N3O2/c1-4-16(5-2)7-8-18(12-16)14-9-13(17-6-3)10-15(11-14)19(20)21/h9-11,17H,4-8,12H2,1-3H3. The molecule has 5 heteroatoms. The molecule has 1 N–H and O–H groups in total. The molecule has 1 heterocycles. The van der Waals surface area contributed by atoms with Crippen molar-refractivity contribution in [3.8, 4) is 0 Å². The van der Waals surface area contributed by atoms with Crippen LogP contribution in [0.15, 0.2) is 18.2 Å². The van der Waals surface area contributed by atoms with Crippen LogP contribution in [0.25, 0.3) is 0 Å². The predicted molar refractivity (Wildman–Crippen MR) is 87.1 cm³/mol. The van der Waals surface area contributed by atoms with Gasteiger partial charge in [-0.2, -0.15) is 0 Å². The van der Waals surface area contributed by atoms with Crippen LogP contribution in [0.4, 0.5) is 17.1 Å². The van der Waals surface area contributed by atoms with Crippen molar-refractivity contribution < 1.29 is 4.92 Å². The molecule has 1 aromatic rings. The topological polar surface area (TPSA) is 58.4 Å². The lowest BCUT2D eigenvalue weighted by molar-refractivity contribution is -0.384. The number of anilines is 2. The molecule has 116 valence electrons. The second kappa shape index (κ2) is 6.33. The van der Waals surface area contributed by atoms with Crippen molar-refractivity contribution in [2.75, 3.05) is 29.9 Å². The van der Waals surface area contributed by atoms with E-state index in [0.717, 1.165) is 43.9 Å². The van der Waals surface area contributed by atoms with Gasteiger partial charge in [0.25, 0.3) is 5.69 Å². The number of benzene rings is 1. The molecule has 0 aromatic heterocycles. The minimum Gasteiger partial charge on any atom is -0.385 e. The molecule has 0 unspecified atom stereocenters. The normalized spacial score (nSPS) is 17.0. The van der Waals surface area contributed by atoms with Crippen molar-refractivity contribution in [2.24, 2.45) is 5.41 Å². The van der Waals surface area contributed by atoms with Crippen molar-refractivity contribution in [3.63, 3.8) is 0 Å². The summed E-state index contributed by atoms with van der Waals surface area (Å²) in [7, 11) is 0. The highest BCUT2D eigenvalue weighted by Gasteiger charge is 2.35. The van der Waals surface area contributed by atoms with E-state index in [4.69, 9.17) is 0 Å². The maximum Gasteiger partial charge on any atom is 0.273 e. The summed E-state index contributed by atoms with van der Waals surface area (Å²) < 4.78 is 0. The third-order valence-corrected chi connectivity index (χ3v) is 4.80. The van der Waals surface area contributed by atoms with Gasteiger partial charge in [-0.15, -0.1) is 0 Å². The molecule has 0 aliphatic carbocycles. The van der Waals surface area contributed by atoms with Crippen LogP contribution in [0.1, 0.15) is 40.0 Å². The van der Waals surface area contributed by atoms with E-state index in [1.54, 1.807) is 12.1 Å². The van der Waals surface area contributed by atoms with Crippen LogP contribution in [0.3, 0.4) is 0 Å². The Bertz CT molecular complexity index is 512. The zero-order valence-corrected chi connectivity index (χ0v) is 13.2. The Morgan fingerprint density at radius 1 is 1.29 bits per heavy atom. The highest BCUT2D eigenvalue weighted by Crippen LogP contribution is 2.40. The van der Waals surface area contributed by atoms with E-state index in [1.807, 2.05) is 13.0 Å². The Morgan fingerprint density at radius 3 is 2.52 bits per heavy atom. The Morgan fingerprint density at radius 2 is 2.00 bits per heavy atom. The van der Waals surface area contributed by atoms with Crippen LogP contribution < -0.4 is 10.2 Å². The molecule has 1 aromatic carbocycles. The van der Waals surface area contributed by atoms with Gasteiger partial charge in [0.15, 0.2) is 0 Å². The summed E-state index contributed by atoms with van der Waals surface area (Å²) in [5.41, 5.74) is 2.31. The van der Waals surface area contributed by atoms with E-state index >= 15 is 0 Å². The number of nitro groups is 1. The van der Waals surface area contributed by atoms with Gasteiger partial charge in [-0.3, -0.25) is 10.1 Å². The van der Waals surface area contributed by atoms with Crippen LogP contribution in [-0.4, -0.2) is 24.6 Å². The fraction of sp³-hybridized carbons (Fsp3) is 0.625. The van der Waals surface area contributed by atoms with Gasteiger partial charge in [0.2, 0.25) is 0 Å². The zero-order valence-electron chi connectivity index (χ0n) is 13.2. The predicted octanol–water partition coefficient (Wildman–Crippen LogP) is 4.04. The summed E-state index contributed by atoms with van der Waals surface area (Å²) in [6.07, 6.45) is 3.49. The third kappa shape index (κ3) is 3.28. The van der Waals surface area contributed by atoms with Crippen LogP contribution in [0, 0.1) is 15.5 Å². The first kappa shape index (κ1) is 15.6. The maximum atomic E-state index is 11.1. The van der Waals surface area contributed by atoms with E-state index in [9.17, 15) is 10.1 Å². The summed E-state index contributed by atoms with van der Waals surface area (Å²) in [5.74, 6) is 0. The maximum absolute atomic E-state index is 11.1. The van der Waals surface area contributed by atoms with Gasteiger partial charge in [-0.1, -0.05) is 13.8 Å². The molecule has 0 atom stereocenters. The monoisotopic (exact) mass is 291 g/mol. The van der Waals surface area contributed by atoms with E-state index in [1.165, 1.54) is 6.42 Å². The Balaban J connectivity index is 2.29. The lowest BCUT2D eigenvalue weighted by Crippen LogP contribution is -2.26. The number of nitrogens with zero attached hydrogens (tertiary/aromatic N) is 2. The van der Waals surface area contributed by atoms with Gasteiger partial charge >= 0.3 is 0 Å². The van der Waals surface area contributed by atoms with Gasteiger partial charge in [-0.25, -0.2) is 0 Å². The fourth-order valence-corrected chi connectivity index (χ4v) is 3.17. The van der Waals surface area contributed by atoms with Crippen molar-refractivity contribution in [1.82, 2.24) is 0 Å². The first-order valence-electron chi connectivity index (χ1n) is 7.82. The number of nitro benzene ring substituents is 1. The number of hydrogen-bond acceptors (Lipinski definition) is 4. The largest absolute Gasteiger partial charge is 0.385 e. The molecular formula is C16H25N3O2. The molecule has 21 heavy (non-hydrogen) atoms. The Labute approximate surface area is 126 Å². The summed E-state index contributed by atoms with van der Waals surface area (Å²) in [6, 6.07) is 5.33. The molecule has 0 amide bonds. The second-order valence-electron chi connectivity index (χ2n) is 5.90. The highest BCUT2D eigenvalue weighted by atomic mass is 16.6. The summed E-state index contributed by atoms with van der Waals surface area (Å²) >= 11 is 0. The van der Waals surface area contributed by atoms with Crippen LogP contribution in [0.5, 0.6) is 0 Å². The highest BCUT2D eigenvalue weighted by molar-refractivity contribution is 5.65. The number of hydrogen-bond donors (Lipinski definition) is 1. The SMILES string of the molecule is CCNc1cc(N2CCC(CC)(CC)C2)cc([N+](=O)[O-])c1. The molecule has 0 saturated carbocycles. The third-order valence-electron chi connectivity index (χ3n) is 4.80. The lowest BCUT2D eigenvalue weighted by atomic mass is 9.82. The number of nitrogens with one attached hydrogen (secondary N) is 1. The molecule has 5 nitrogen and oxygen atoms in total. The van der Waals surface area contributed by atoms with Gasteiger partial charge in [0.05, 0.1) is 4.92 Å². The Hall–Kier alpha value is -1.78. The van der Waals surface area contributed by atoms with E-state index in [-0.39, 0.29) is 10.6 Å². The van der Waals surface area contributed by atoms with E-state index < -0.39 is 0 Å². The quantitative estimate of drug-likeness (QED) is 0.634. The van der Waals surface area contributed by atoms with Crippen molar-refractivity contribution >= 4 is 17.1 Å². The van der Waals surface area contributed by atoms with Crippen molar-refractivity contribution in [1.29, 1.82) is 0 Å². The average molecular weight is 291 g/mol. The molecule has 1 fully saturated rings. The van der Waals surface area contributed by atoms with Crippen LogP contribution in [0.2, 0.25) is 0 Å². The van der Waals surface area contributed by atoms with E-state index in [2.05, 4.69) is 24.1 Å². The molecule has 0 bridgehead atoms. The molecule has 0 radical (unpaired) electrons. The lowest BCUT2D eigenvalue weighted by Gasteiger charge is -2.27. The molecular weight excluding hydrogens is 266 g/mol. The van der Waals surface area contributed by atoms with Gasteiger partial charge in [0.1, 0.15) is 0 Å². The molecule has 2 rings (SSSR count). The smallest absolute Gasteiger partial charge is 0.273 e. The minimum atomic E-state index is -0.312. The summed E-state index contributed by atoms with van der Waals surface area (Å²) in [4.78, 5) is 13.1. The van der Waals surface area contributed by atoms with Crippen molar-refractivity contribution in [3.05, 3.63) is 28.3 Å². The van der Waals surface area contributed by atoms with Gasteiger partial charge in [-0.05, 0) is 37.7 Å². The average Bonchev–Trinajstić information content (AvgIpc) is 2.92.